The van der Waals surface area contributed by atoms with Crippen LogP contribution in [0.3, 0.4) is 0 Å². The molecule has 2 rings (SSSR count). The third kappa shape index (κ3) is 4.14. The van der Waals surface area contributed by atoms with Crippen molar-refractivity contribution in [3.63, 3.8) is 0 Å². The number of rotatable bonds is 6. The summed E-state index contributed by atoms with van der Waals surface area (Å²) in [5.41, 5.74) is 0.873. The Labute approximate surface area is 122 Å². The van der Waals surface area contributed by atoms with Gasteiger partial charge in [0.1, 0.15) is 5.75 Å². The van der Waals surface area contributed by atoms with Gasteiger partial charge in [-0.3, -0.25) is 0 Å². The minimum Gasteiger partial charge on any atom is -0.436 e. The Morgan fingerprint density at radius 3 is 2.76 bits per heavy atom. The molecule has 0 spiro atoms. The van der Waals surface area contributed by atoms with Gasteiger partial charge < -0.3 is 10.1 Å². The summed E-state index contributed by atoms with van der Waals surface area (Å²) in [5, 5.41) is 11.6. The van der Waals surface area contributed by atoms with Crippen molar-refractivity contribution in [2.75, 3.05) is 11.9 Å². The molecule has 6 heteroatoms. The van der Waals surface area contributed by atoms with Gasteiger partial charge >= 0.3 is 0 Å². The van der Waals surface area contributed by atoms with Crippen LogP contribution >= 0.6 is 0 Å². The highest BCUT2D eigenvalue weighted by Crippen LogP contribution is 2.23. The van der Waals surface area contributed by atoms with Crippen molar-refractivity contribution in [1.29, 1.82) is 5.26 Å². The van der Waals surface area contributed by atoms with Crippen LogP contribution in [0.4, 0.5) is 10.3 Å². The molecule has 0 fully saturated rings. The van der Waals surface area contributed by atoms with E-state index < -0.39 is 5.82 Å². The summed E-state index contributed by atoms with van der Waals surface area (Å²) < 4.78 is 19.1. The predicted molar refractivity (Wildman–Crippen MR) is 76.6 cm³/mol. The van der Waals surface area contributed by atoms with Crippen LogP contribution in [-0.2, 0) is 6.42 Å². The zero-order valence-corrected chi connectivity index (χ0v) is 11.6. The molecule has 0 unspecified atom stereocenters. The standard InChI is InChI=1S/C15H15FN4O/c1-2-9-18-15-19-10-13(16)14(20-15)21-12-5-3-11(4-6-12)7-8-17/h3-6,10H,2,7,9H2,1H3,(H,18,19,20). The van der Waals surface area contributed by atoms with E-state index in [0.717, 1.165) is 18.2 Å². The molecule has 108 valence electrons. The maximum absolute atomic E-state index is 13.7. The Hall–Kier alpha value is -2.68. The minimum absolute atomic E-state index is 0.128. The van der Waals surface area contributed by atoms with Gasteiger partial charge in [-0.15, -0.1) is 0 Å². The molecular formula is C15H15FN4O. The van der Waals surface area contributed by atoms with Gasteiger partial charge in [-0.2, -0.15) is 14.6 Å². The number of nitriles is 1. The molecule has 0 bridgehead atoms. The molecule has 1 aromatic carbocycles. The maximum Gasteiger partial charge on any atom is 0.260 e. The Kier molecular flexibility index (Phi) is 5.04. The molecule has 0 saturated carbocycles. The van der Waals surface area contributed by atoms with Gasteiger partial charge in [-0.25, -0.2) is 4.98 Å². The molecule has 1 aromatic heterocycles. The summed E-state index contributed by atoms with van der Waals surface area (Å²) in [4.78, 5) is 7.84. The minimum atomic E-state index is -0.627. The van der Waals surface area contributed by atoms with E-state index >= 15 is 0 Å². The van der Waals surface area contributed by atoms with E-state index in [1.165, 1.54) is 0 Å². The smallest absolute Gasteiger partial charge is 0.260 e. The highest BCUT2D eigenvalue weighted by Gasteiger charge is 2.09. The molecule has 1 N–H and O–H groups in total. The highest BCUT2D eigenvalue weighted by atomic mass is 19.1. The first kappa shape index (κ1) is 14.7. The van der Waals surface area contributed by atoms with Crippen LogP contribution in [0.15, 0.2) is 30.5 Å². The van der Waals surface area contributed by atoms with E-state index in [1.807, 2.05) is 6.92 Å². The SMILES string of the molecule is CCCNc1ncc(F)c(Oc2ccc(CC#N)cc2)n1. The number of halogens is 1. The van der Waals surface area contributed by atoms with Crippen molar-refractivity contribution in [2.24, 2.45) is 0 Å². The largest absolute Gasteiger partial charge is 0.436 e. The summed E-state index contributed by atoms with van der Waals surface area (Å²) in [6, 6.07) is 8.92. The van der Waals surface area contributed by atoms with Gasteiger partial charge in [0.25, 0.3) is 5.88 Å². The van der Waals surface area contributed by atoms with Crippen molar-refractivity contribution >= 4 is 5.95 Å². The van der Waals surface area contributed by atoms with E-state index in [4.69, 9.17) is 10.00 Å². The first-order valence-corrected chi connectivity index (χ1v) is 6.63. The van der Waals surface area contributed by atoms with Crippen LogP contribution in [-0.4, -0.2) is 16.5 Å². The fourth-order valence-corrected chi connectivity index (χ4v) is 1.62. The molecule has 5 nitrogen and oxygen atoms in total. The lowest BCUT2D eigenvalue weighted by Gasteiger charge is -2.08. The van der Waals surface area contributed by atoms with Crippen LogP contribution in [0.5, 0.6) is 11.6 Å². The van der Waals surface area contributed by atoms with Gasteiger partial charge in [0, 0.05) is 6.54 Å². The van der Waals surface area contributed by atoms with E-state index in [9.17, 15) is 4.39 Å². The molecule has 0 aliphatic heterocycles. The number of hydrogen-bond donors (Lipinski definition) is 1. The molecule has 1 heterocycles. The second-order valence-corrected chi connectivity index (χ2v) is 4.35. The van der Waals surface area contributed by atoms with Gasteiger partial charge in [0.2, 0.25) is 11.8 Å². The lowest BCUT2D eigenvalue weighted by atomic mass is 10.2. The fraction of sp³-hybridized carbons (Fsp3) is 0.267. The number of anilines is 1. The van der Waals surface area contributed by atoms with E-state index in [2.05, 4.69) is 21.4 Å². The third-order valence-corrected chi connectivity index (χ3v) is 2.67. The second kappa shape index (κ2) is 7.20. The highest BCUT2D eigenvalue weighted by molar-refractivity contribution is 5.34. The van der Waals surface area contributed by atoms with Gasteiger partial charge in [0.15, 0.2) is 0 Å². The van der Waals surface area contributed by atoms with Crippen molar-refractivity contribution in [3.8, 4) is 17.7 Å². The van der Waals surface area contributed by atoms with Crippen molar-refractivity contribution in [2.45, 2.75) is 19.8 Å². The number of benzene rings is 1. The van der Waals surface area contributed by atoms with Gasteiger partial charge in [-0.1, -0.05) is 19.1 Å². The summed E-state index contributed by atoms with van der Waals surface area (Å²) in [7, 11) is 0. The summed E-state index contributed by atoms with van der Waals surface area (Å²) in [6.45, 7) is 2.71. The summed E-state index contributed by atoms with van der Waals surface area (Å²) >= 11 is 0. The molecule has 0 saturated heterocycles. The summed E-state index contributed by atoms with van der Waals surface area (Å²) in [6.07, 6.45) is 2.31. The molecule has 21 heavy (non-hydrogen) atoms. The lowest BCUT2D eigenvalue weighted by Crippen LogP contribution is -2.05. The van der Waals surface area contributed by atoms with Crippen LogP contribution < -0.4 is 10.1 Å². The lowest BCUT2D eigenvalue weighted by molar-refractivity contribution is 0.420. The van der Waals surface area contributed by atoms with Crippen molar-refractivity contribution < 1.29 is 9.13 Å². The Balaban J connectivity index is 2.12. The first-order valence-electron chi connectivity index (χ1n) is 6.63. The Morgan fingerprint density at radius 2 is 2.10 bits per heavy atom. The van der Waals surface area contributed by atoms with Crippen molar-refractivity contribution in [1.82, 2.24) is 9.97 Å². The molecule has 0 radical (unpaired) electrons. The Morgan fingerprint density at radius 1 is 1.33 bits per heavy atom. The average Bonchev–Trinajstić information content (AvgIpc) is 2.50. The van der Waals surface area contributed by atoms with Crippen LogP contribution in [0.1, 0.15) is 18.9 Å². The Bertz CT molecular complexity index is 637. The maximum atomic E-state index is 13.7. The van der Waals surface area contributed by atoms with Crippen LogP contribution in [0.25, 0.3) is 0 Å². The molecule has 2 aromatic rings. The molecular weight excluding hydrogens is 271 g/mol. The number of nitrogens with zero attached hydrogens (tertiary/aromatic N) is 3. The first-order chi connectivity index (χ1) is 10.2. The van der Waals surface area contributed by atoms with E-state index in [1.54, 1.807) is 24.3 Å². The normalized spacial score (nSPS) is 9.95. The molecule has 0 aliphatic carbocycles. The van der Waals surface area contributed by atoms with Crippen LogP contribution in [0, 0.1) is 17.1 Å². The monoisotopic (exact) mass is 286 g/mol. The number of hydrogen-bond acceptors (Lipinski definition) is 5. The molecule has 0 amide bonds. The number of nitrogens with one attached hydrogen (secondary N) is 1. The predicted octanol–water partition coefficient (Wildman–Crippen LogP) is 3.30. The topological polar surface area (TPSA) is 70.8 Å². The molecule has 0 aliphatic rings. The van der Waals surface area contributed by atoms with Gasteiger partial charge in [-0.05, 0) is 24.1 Å². The summed E-state index contributed by atoms with van der Waals surface area (Å²) in [5.74, 6) is 0.0277. The molecule has 0 atom stereocenters. The third-order valence-electron chi connectivity index (χ3n) is 2.67. The van der Waals surface area contributed by atoms with Gasteiger partial charge in [0.05, 0.1) is 18.7 Å². The quantitative estimate of drug-likeness (QED) is 0.882. The van der Waals surface area contributed by atoms with Crippen molar-refractivity contribution in [3.05, 3.63) is 41.8 Å². The zero-order chi connectivity index (χ0) is 15.1. The number of ether oxygens (including phenoxy) is 1. The van der Waals surface area contributed by atoms with Crippen LogP contribution in [0.2, 0.25) is 0 Å². The number of aromatic nitrogens is 2. The second-order valence-electron chi connectivity index (χ2n) is 4.35. The van der Waals surface area contributed by atoms with E-state index in [0.29, 0.717) is 24.7 Å². The average molecular weight is 286 g/mol. The van der Waals surface area contributed by atoms with E-state index in [-0.39, 0.29) is 5.88 Å². The fourth-order valence-electron chi connectivity index (χ4n) is 1.62. The zero-order valence-electron chi connectivity index (χ0n) is 11.6.